The summed E-state index contributed by atoms with van der Waals surface area (Å²) in [5.41, 5.74) is 0. The van der Waals surface area contributed by atoms with E-state index in [-0.39, 0.29) is 18.3 Å². The van der Waals surface area contributed by atoms with Crippen LogP contribution in [-0.4, -0.2) is 37.5 Å². The van der Waals surface area contributed by atoms with Gasteiger partial charge in [0, 0.05) is 13.5 Å². The van der Waals surface area contributed by atoms with Crippen LogP contribution in [0, 0.1) is 11.3 Å². The largest absolute Gasteiger partial charge is 0.353 e. The maximum Gasteiger partial charge on any atom is 0.186 e. The summed E-state index contributed by atoms with van der Waals surface area (Å²) in [6.07, 6.45) is 0.212. The number of hydrogen-bond acceptors (Lipinski definition) is 5. The molecule has 0 aromatic rings. The quantitative estimate of drug-likeness (QED) is 0.709. The van der Waals surface area contributed by atoms with Crippen LogP contribution < -0.4 is 0 Å². The van der Waals surface area contributed by atoms with E-state index in [0.29, 0.717) is 12.8 Å². The number of ether oxygens (including phenoxy) is 4. The predicted molar refractivity (Wildman–Crippen MR) is 54.3 cm³/mol. The topological polar surface area (TPSA) is 60.7 Å². The first-order valence-corrected chi connectivity index (χ1v) is 5.46. The molecule has 90 valence electrons. The van der Waals surface area contributed by atoms with E-state index < -0.39 is 12.1 Å². The summed E-state index contributed by atoms with van der Waals surface area (Å²) < 4.78 is 22.4. The van der Waals surface area contributed by atoms with Gasteiger partial charge in [-0.1, -0.05) is 0 Å². The van der Waals surface area contributed by atoms with E-state index in [1.54, 1.807) is 7.11 Å². The van der Waals surface area contributed by atoms with Crippen LogP contribution in [0.4, 0.5) is 0 Å². The summed E-state index contributed by atoms with van der Waals surface area (Å²) in [7, 11) is 1.57. The molecule has 2 aliphatic rings. The third kappa shape index (κ3) is 2.20. The van der Waals surface area contributed by atoms with Crippen LogP contribution in [0.5, 0.6) is 0 Å². The van der Waals surface area contributed by atoms with E-state index in [1.807, 2.05) is 13.8 Å². The summed E-state index contributed by atoms with van der Waals surface area (Å²) in [5, 5.41) is 8.68. The molecular formula is C11H17NO4. The van der Waals surface area contributed by atoms with Crippen LogP contribution in [-0.2, 0) is 18.9 Å². The van der Waals surface area contributed by atoms with Crippen LogP contribution in [0.3, 0.4) is 0 Å². The van der Waals surface area contributed by atoms with Crippen molar-refractivity contribution in [2.45, 2.75) is 57.1 Å². The van der Waals surface area contributed by atoms with Crippen molar-refractivity contribution in [3.63, 3.8) is 0 Å². The van der Waals surface area contributed by atoms with Crippen molar-refractivity contribution in [2.24, 2.45) is 0 Å². The van der Waals surface area contributed by atoms with Gasteiger partial charge in [-0.05, 0) is 13.8 Å². The molecule has 0 aromatic carbocycles. The first kappa shape index (κ1) is 11.8. The van der Waals surface area contributed by atoms with Crippen LogP contribution in [0.25, 0.3) is 0 Å². The molecule has 4 atom stereocenters. The minimum atomic E-state index is -0.600. The Morgan fingerprint density at radius 1 is 1.44 bits per heavy atom. The fourth-order valence-corrected chi connectivity index (χ4v) is 2.28. The summed E-state index contributed by atoms with van der Waals surface area (Å²) in [4.78, 5) is 0. The second-order valence-electron chi connectivity index (χ2n) is 4.60. The van der Waals surface area contributed by atoms with E-state index in [1.165, 1.54) is 0 Å². The van der Waals surface area contributed by atoms with Gasteiger partial charge >= 0.3 is 0 Å². The first-order chi connectivity index (χ1) is 7.55. The first-order valence-electron chi connectivity index (χ1n) is 5.46. The van der Waals surface area contributed by atoms with Crippen molar-refractivity contribution in [2.75, 3.05) is 7.11 Å². The van der Waals surface area contributed by atoms with E-state index in [4.69, 9.17) is 24.2 Å². The molecule has 5 nitrogen and oxygen atoms in total. The standard InChI is InChI=1S/C11H17NO4/c1-11(2)15-8-6-7(4-5-12)14-10(13-3)9(8)16-11/h7-10H,4,6H2,1-3H3/t7?,8-,9?,10+/m0/s1. The Hall–Kier alpha value is -0.670. The number of nitriles is 1. The second kappa shape index (κ2) is 4.30. The SMILES string of the molecule is CO[C@@H]1OC(CC#N)C[C@@H]2OC(C)(C)OC12. The Kier molecular flexibility index (Phi) is 3.17. The highest BCUT2D eigenvalue weighted by Gasteiger charge is 2.50. The fraction of sp³-hybridized carbons (Fsp3) is 0.909. The molecule has 0 saturated carbocycles. The number of nitrogens with zero attached hydrogens (tertiary/aromatic N) is 1. The maximum absolute atomic E-state index is 8.68. The molecule has 2 heterocycles. The fourth-order valence-electron chi connectivity index (χ4n) is 2.28. The third-order valence-electron chi connectivity index (χ3n) is 2.86. The van der Waals surface area contributed by atoms with Gasteiger partial charge in [-0.25, -0.2) is 0 Å². The molecule has 0 radical (unpaired) electrons. The van der Waals surface area contributed by atoms with Crippen molar-refractivity contribution in [3.8, 4) is 6.07 Å². The Morgan fingerprint density at radius 2 is 2.19 bits per heavy atom. The Morgan fingerprint density at radius 3 is 2.81 bits per heavy atom. The van der Waals surface area contributed by atoms with E-state index >= 15 is 0 Å². The minimum Gasteiger partial charge on any atom is -0.353 e. The van der Waals surface area contributed by atoms with Gasteiger partial charge in [-0.3, -0.25) is 0 Å². The molecule has 0 amide bonds. The molecule has 2 saturated heterocycles. The lowest BCUT2D eigenvalue weighted by atomic mass is 10.0. The number of fused-ring (bicyclic) bond motifs is 1. The van der Waals surface area contributed by atoms with Gasteiger partial charge in [0.25, 0.3) is 0 Å². The van der Waals surface area contributed by atoms with Gasteiger partial charge in [0.1, 0.15) is 6.10 Å². The average molecular weight is 227 g/mol. The molecule has 0 spiro atoms. The second-order valence-corrected chi connectivity index (χ2v) is 4.60. The van der Waals surface area contributed by atoms with Crippen molar-refractivity contribution < 1.29 is 18.9 Å². The zero-order valence-corrected chi connectivity index (χ0v) is 9.80. The molecule has 16 heavy (non-hydrogen) atoms. The molecule has 0 bridgehead atoms. The monoisotopic (exact) mass is 227 g/mol. The molecule has 5 heteroatoms. The normalized spacial score (nSPS) is 41.4. The zero-order chi connectivity index (χ0) is 11.8. The third-order valence-corrected chi connectivity index (χ3v) is 2.86. The zero-order valence-electron chi connectivity index (χ0n) is 9.80. The lowest BCUT2D eigenvalue weighted by molar-refractivity contribution is -0.240. The van der Waals surface area contributed by atoms with Crippen LogP contribution >= 0.6 is 0 Å². The molecule has 2 aliphatic heterocycles. The van der Waals surface area contributed by atoms with Gasteiger partial charge in [0.05, 0.1) is 24.7 Å². The van der Waals surface area contributed by atoms with Crippen LogP contribution in [0.2, 0.25) is 0 Å². The van der Waals surface area contributed by atoms with Gasteiger partial charge in [0.2, 0.25) is 0 Å². The van der Waals surface area contributed by atoms with Crippen molar-refractivity contribution in [3.05, 3.63) is 0 Å². The van der Waals surface area contributed by atoms with Crippen molar-refractivity contribution in [1.82, 2.24) is 0 Å². The van der Waals surface area contributed by atoms with E-state index in [0.717, 1.165) is 0 Å². The average Bonchev–Trinajstić information content (AvgIpc) is 2.51. The molecule has 0 N–H and O–H groups in total. The van der Waals surface area contributed by atoms with E-state index in [9.17, 15) is 0 Å². The van der Waals surface area contributed by atoms with Gasteiger partial charge < -0.3 is 18.9 Å². The number of rotatable bonds is 2. The smallest absolute Gasteiger partial charge is 0.186 e. The number of methoxy groups -OCH3 is 1. The summed E-state index contributed by atoms with van der Waals surface area (Å²) >= 11 is 0. The highest BCUT2D eigenvalue weighted by atomic mass is 16.8. The lowest BCUT2D eigenvalue weighted by Crippen LogP contribution is -2.47. The lowest BCUT2D eigenvalue weighted by Gasteiger charge is -2.34. The highest BCUT2D eigenvalue weighted by molar-refractivity contribution is 4.92. The highest BCUT2D eigenvalue weighted by Crippen LogP contribution is 2.37. The van der Waals surface area contributed by atoms with Crippen LogP contribution in [0.1, 0.15) is 26.7 Å². The number of hydrogen-bond donors (Lipinski definition) is 0. The predicted octanol–water partition coefficient (Wildman–Crippen LogP) is 1.18. The molecular weight excluding hydrogens is 210 g/mol. The van der Waals surface area contributed by atoms with Gasteiger partial charge in [0.15, 0.2) is 12.1 Å². The molecule has 2 fully saturated rings. The molecule has 0 aliphatic carbocycles. The van der Waals surface area contributed by atoms with Crippen LogP contribution in [0.15, 0.2) is 0 Å². The van der Waals surface area contributed by atoms with Gasteiger partial charge in [-0.15, -0.1) is 0 Å². The minimum absolute atomic E-state index is 0.0490. The Labute approximate surface area is 95.2 Å². The van der Waals surface area contributed by atoms with Crippen molar-refractivity contribution >= 4 is 0 Å². The molecule has 2 rings (SSSR count). The van der Waals surface area contributed by atoms with Gasteiger partial charge in [-0.2, -0.15) is 5.26 Å². The van der Waals surface area contributed by atoms with E-state index in [2.05, 4.69) is 6.07 Å². The van der Waals surface area contributed by atoms with Crippen molar-refractivity contribution in [1.29, 1.82) is 5.26 Å². The molecule has 0 aromatic heterocycles. The Balaban J connectivity index is 2.08. The summed E-state index contributed by atoms with van der Waals surface area (Å²) in [5.74, 6) is -0.600. The summed E-state index contributed by atoms with van der Waals surface area (Å²) in [6, 6.07) is 2.11. The Bertz CT molecular complexity index is 299. The summed E-state index contributed by atoms with van der Waals surface area (Å²) in [6.45, 7) is 3.74. The molecule has 2 unspecified atom stereocenters. The maximum atomic E-state index is 8.68.